The number of anilines is 1. The topological polar surface area (TPSA) is 75.6 Å². The fraction of sp³-hybridized carbons (Fsp3) is 0.400. The van der Waals surface area contributed by atoms with Gasteiger partial charge in [-0.25, -0.2) is 14.8 Å². The minimum Gasteiger partial charge on any atom is -0.478 e. The van der Waals surface area contributed by atoms with Crippen LogP contribution in [-0.2, 0) is 4.74 Å². The molecule has 1 heterocycles. The summed E-state index contributed by atoms with van der Waals surface area (Å²) in [6.07, 6.45) is 1.46. The molecule has 0 spiro atoms. The highest BCUT2D eigenvalue weighted by molar-refractivity contribution is 5.96. The van der Waals surface area contributed by atoms with Crippen molar-refractivity contribution in [3.05, 3.63) is 30.1 Å². The lowest BCUT2D eigenvalue weighted by Crippen LogP contribution is -2.36. The summed E-state index contributed by atoms with van der Waals surface area (Å²) in [5.74, 6) is -0.166. The molecule has 1 atom stereocenters. The van der Waals surface area contributed by atoms with Crippen LogP contribution in [0.15, 0.2) is 24.5 Å². The highest BCUT2D eigenvalue weighted by atomic mass is 16.5. The fourth-order valence-corrected chi connectivity index (χ4v) is 2.41. The molecule has 21 heavy (non-hydrogen) atoms. The van der Waals surface area contributed by atoms with Crippen LogP contribution in [0.4, 0.5) is 5.82 Å². The second-order valence-electron chi connectivity index (χ2n) is 4.82. The quantitative estimate of drug-likeness (QED) is 0.878. The van der Waals surface area contributed by atoms with E-state index in [9.17, 15) is 4.79 Å². The zero-order valence-electron chi connectivity index (χ0n) is 12.4. The van der Waals surface area contributed by atoms with E-state index in [1.165, 1.54) is 6.33 Å². The molecule has 1 unspecified atom stereocenters. The van der Waals surface area contributed by atoms with Gasteiger partial charge in [0.1, 0.15) is 12.1 Å². The van der Waals surface area contributed by atoms with Crippen molar-refractivity contribution in [3.8, 4) is 0 Å². The largest absolute Gasteiger partial charge is 0.478 e. The molecule has 1 N–H and O–H groups in total. The minimum atomic E-state index is -0.961. The SMILES string of the molecule is CCN(c1ncnc2cc(C(=O)O)ccc12)C(C)COC. The van der Waals surface area contributed by atoms with Gasteiger partial charge in [0.25, 0.3) is 0 Å². The van der Waals surface area contributed by atoms with Gasteiger partial charge >= 0.3 is 5.97 Å². The summed E-state index contributed by atoms with van der Waals surface area (Å²) in [5, 5.41) is 9.90. The second-order valence-corrected chi connectivity index (χ2v) is 4.82. The number of methoxy groups -OCH3 is 1. The number of carboxylic acids is 1. The fourth-order valence-electron chi connectivity index (χ4n) is 2.41. The van der Waals surface area contributed by atoms with Crippen LogP contribution >= 0.6 is 0 Å². The molecular weight excluding hydrogens is 270 g/mol. The lowest BCUT2D eigenvalue weighted by atomic mass is 10.1. The van der Waals surface area contributed by atoms with Gasteiger partial charge in [-0.2, -0.15) is 0 Å². The molecule has 0 saturated carbocycles. The molecule has 6 nitrogen and oxygen atoms in total. The summed E-state index contributed by atoms with van der Waals surface area (Å²) in [6.45, 7) is 5.47. The molecule has 0 aliphatic carbocycles. The van der Waals surface area contributed by atoms with Crippen molar-refractivity contribution in [2.24, 2.45) is 0 Å². The molecule has 6 heteroatoms. The summed E-state index contributed by atoms with van der Waals surface area (Å²) < 4.78 is 5.21. The standard InChI is InChI=1S/C15H19N3O3/c1-4-18(10(2)8-21-3)14-12-6-5-11(15(19)20)7-13(12)16-9-17-14/h5-7,9-10H,4,8H2,1-3H3,(H,19,20). The third kappa shape index (κ3) is 3.11. The van der Waals surface area contributed by atoms with E-state index < -0.39 is 5.97 Å². The molecule has 0 amide bonds. The number of benzene rings is 1. The Morgan fingerprint density at radius 2 is 2.19 bits per heavy atom. The Balaban J connectivity index is 2.50. The monoisotopic (exact) mass is 289 g/mol. The summed E-state index contributed by atoms with van der Waals surface area (Å²) in [7, 11) is 1.67. The average Bonchev–Trinajstić information content (AvgIpc) is 2.48. The molecule has 1 aromatic heterocycles. The molecule has 0 aliphatic rings. The third-order valence-electron chi connectivity index (χ3n) is 3.42. The normalized spacial score (nSPS) is 12.3. The van der Waals surface area contributed by atoms with E-state index in [4.69, 9.17) is 9.84 Å². The van der Waals surface area contributed by atoms with Crippen LogP contribution < -0.4 is 4.90 Å². The van der Waals surface area contributed by atoms with Crippen LogP contribution in [-0.4, -0.2) is 47.3 Å². The van der Waals surface area contributed by atoms with E-state index in [1.54, 1.807) is 25.3 Å². The van der Waals surface area contributed by atoms with Crippen LogP contribution in [0.1, 0.15) is 24.2 Å². The number of carbonyl (C=O) groups is 1. The lowest BCUT2D eigenvalue weighted by Gasteiger charge is -2.29. The molecule has 0 aliphatic heterocycles. The first-order chi connectivity index (χ1) is 10.1. The number of ether oxygens (including phenoxy) is 1. The predicted molar refractivity (Wildman–Crippen MR) is 80.9 cm³/mol. The highest BCUT2D eigenvalue weighted by Gasteiger charge is 2.17. The van der Waals surface area contributed by atoms with Crippen LogP contribution in [0, 0.1) is 0 Å². The van der Waals surface area contributed by atoms with E-state index in [1.807, 2.05) is 6.92 Å². The molecule has 0 fully saturated rings. The number of carboxylic acid groups (broad SMARTS) is 1. The first-order valence-corrected chi connectivity index (χ1v) is 6.82. The molecule has 0 radical (unpaired) electrons. The predicted octanol–water partition coefficient (Wildman–Crippen LogP) is 2.19. The summed E-state index contributed by atoms with van der Waals surface area (Å²) in [5.41, 5.74) is 0.850. The zero-order chi connectivity index (χ0) is 15.4. The number of likely N-dealkylation sites (N-methyl/N-ethyl adjacent to an activating group) is 1. The summed E-state index contributed by atoms with van der Waals surface area (Å²) in [6, 6.07) is 5.07. The lowest BCUT2D eigenvalue weighted by molar-refractivity contribution is 0.0697. The van der Waals surface area contributed by atoms with E-state index in [0.29, 0.717) is 12.1 Å². The third-order valence-corrected chi connectivity index (χ3v) is 3.42. The van der Waals surface area contributed by atoms with Gasteiger partial charge in [0, 0.05) is 19.0 Å². The van der Waals surface area contributed by atoms with Gasteiger partial charge in [0.15, 0.2) is 0 Å². The van der Waals surface area contributed by atoms with Crippen molar-refractivity contribution >= 4 is 22.7 Å². The van der Waals surface area contributed by atoms with E-state index in [0.717, 1.165) is 17.7 Å². The summed E-state index contributed by atoms with van der Waals surface area (Å²) in [4.78, 5) is 21.7. The van der Waals surface area contributed by atoms with Crippen molar-refractivity contribution in [3.63, 3.8) is 0 Å². The van der Waals surface area contributed by atoms with Gasteiger partial charge in [0.2, 0.25) is 0 Å². The molecule has 0 bridgehead atoms. The molecule has 0 saturated heterocycles. The van der Waals surface area contributed by atoms with Crippen molar-refractivity contribution in [1.29, 1.82) is 0 Å². The Morgan fingerprint density at radius 1 is 1.43 bits per heavy atom. The Morgan fingerprint density at radius 3 is 2.81 bits per heavy atom. The number of hydrogen-bond acceptors (Lipinski definition) is 5. The van der Waals surface area contributed by atoms with Crippen molar-refractivity contribution in [2.75, 3.05) is 25.2 Å². The summed E-state index contributed by atoms with van der Waals surface area (Å²) >= 11 is 0. The Kier molecular flexibility index (Phi) is 4.70. The number of aromatic carboxylic acids is 1. The number of aromatic nitrogens is 2. The number of nitrogens with zero attached hydrogens (tertiary/aromatic N) is 3. The Bertz CT molecular complexity index is 645. The van der Waals surface area contributed by atoms with Crippen LogP contribution in [0.25, 0.3) is 10.9 Å². The van der Waals surface area contributed by atoms with Gasteiger partial charge in [-0.3, -0.25) is 0 Å². The maximum atomic E-state index is 11.0. The van der Waals surface area contributed by atoms with Gasteiger partial charge in [-0.1, -0.05) is 0 Å². The van der Waals surface area contributed by atoms with Gasteiger partial charge in [-0.15, -0.1) is 0 Å². The molecule has 2 aromatic rings. The van der Waals surface area contributed by atoms with Crippen LogP contribution in [0.2, 0.25) is 0 Å². The number of rotatable bonds is 6. The molecular formula is C15H19N3O3. The van der Waals surface area contributed by atoms with E-state index >= 15 is 0 Å². The first-order valence-electron chi connectivity index (χ1n) is 6.82. The van der Waals surface area contributed by atoms with E-state index in [2.05, 4.69) is 21.8 Å². The molecule has 1 aromatic carbocycles. The van der Waals surface area contributed by atoms with Gasteiger partial charge in [0.05, 0.1) is 23.7 Å². The van der Waals surface area contributed by atoms with Gasteiger partial charge < -0.3 is 14.7 Å². The zero-order valence-corrected chi connectivity index (χ0v) is 12.4. The Labute approximate surface area is 123 Å². The Hall–Kier alpha value is -2.21. The molecule has 112 valence electrons. The second kappa shape index (κ2) is 6.49. The average molecular weight is 289 g/mol. The van der Waals surface area contributed by atoms with Gasteiger partial charge in [-0.05, 0) is 32.0 Å². The maximum absolute atomic E-state index is 11.0. The highest BCUT2D eigenvalue weighted by Crippen LogP contribution is 2.25. The van der Waals surface area contributed by atoms with Crippen LogP contribution in [0.3, 0.4) is 0 Å². The number of hydrogen-bond donors (Lipinski definition) is 1. The van der Waals surface area contributed by atoms with Crippen molar-refractivity contribution in [1.82, 2.24) is 9.97 Å². The minimum absolute atomic E-state index is 0.164. The maximum Gasteiger partial charge on any atom is 0.335 e. The number of fused-ring (bicyclic) bond motifs is 1. The first kappa shape index (κ1) is 15.2. The van der Waals surface area contributed by atoms with E-state index in [-0.39, 0.29) is 11.6 Å². The van der Waals surface area contributed by atoms with Crippen molar-refractivity contribution < 1.29 is 14.6 Å². The van der Waals surface area contributed by atoms with Crippen molar-refractivity contribution in [2.45, 2.75) is 19.9 Å². The smallest absolute Gasteiger partial charge is 0.335 e. The van der Waals surface area contributed by atoms with Crippen LogP contribution in [0.5, 0.6) is 0 Å². The molecule has 2 rings (SSSR count).